The highest BCUT2D eigenvalue weighted by Crippen LogP contribution is 2.52. The van der Waals surface area contributed by atoms with Gasteiger partial charge in [-0.3, -0.25) is 4.72 Å². The average molecular weight is 553 g/mol. The van der Waals surface area contributed by atoms with Gasteiger partial charge in [-0.15, -0.1) is 0 Å². The second-order valence-corrected chi connectivity index (χ2v) is 11.9. The smallest absolute Gasteiger partial charge is 0.261 e. The lowest BCUT2D eigenvalue weighted by Gasteiger charge is -2.38. The summed E-state index contributed by atoms with van der Waals surface area (Å²) in [4.78, 5) is 0.262. The van der Waals surface area contributed by atoms with Crippen LogP contribution < -0.4 is 19.5 Å². The summed E-state index contributed by atoms with van der Waals surface area (Å²) < 4.78 is 41.3. The van der Waals surface area contributed by atoms with E-state index in [1.54, 1.807) is 12.1 Å². The number of anilines is 2. The third-order valence-corrected chi connectivity index (χ3v) is 9.30. The largest absolute Gasteiger partial charge is 0.454 e. The molecule has 0 saturated carbocycles. The summed E-state index contributed by atoms with van der Waals surface area (Å²) >= 11 is 3.72. The van der Waals surface area contributed by atoms with Crippen LogP contribution in [0.4, 0.5) is 11.4 Å². The molecule has 3 aliphatic rings. The minimum Gasteiger partial charge on any atom is -0.454 e. The summed E-state index contributed by atoms with van der Waals surface area (Å²) in [6.45, 7) is 4.21. The molecule has 0 aromatic heterocycles. The highest BCUT2D eigenvalue weighted by Gasteiger charge is 2.39. The lowest BCUT2D eigenvalue weighted by molar-refractivity contribution is 0.174. The van der Waals surface area contributed by atoms with Crippen molar-refractivity contribution in [1.29, 1.82) is 0 Å². The predicted molar refractivity (Wildman–Crippen MR) is 140 cm³/mol. The number of benzene rings is 3. The topological polar surface area (TPSA) is 76.7 Å². The number of ether oxygens (including phenoxy) is 2. The molecule has 1 aliphatic carbocycles. The lowest BCUT2D eigenvalue weighted by atomic mass is 9.77. The van der Waals surface area contributed by atoms with Crippen molar-refractivity contribution in [3.63, 3.8) is 0 Å². The van der Waals surface area contributed by atoms with Gasteiger partial charge >= 0.3 is 0 Å². The predicted octanol–water partition coefficient (Wildman–Crippen LogP) is 6.42. The summed E-state index contributed by atoms with van der Waals surface area (Å²) in [6.07, 6.45) is 5.29. The Hall–Kier alpha value is -2.97. The van der Waals surface area contributed by atoms with Crippen molar-refractivity contribution in [2.45, 2.75) is 37.1 Å². The van der Waals surface area contributed by atoms with Crippen molar-refractivity contribution < 1.29 is 17.9 Å². The number of hydrogen-bond donors (Lipinski definition) is 2. The fraction of sp³-hybridized carbons (Fsp3) is 0.259. The van der Waals surface area contributed by atoms with E-state index in [-0.39, 0.29) is 29.6 Å². The second kappa shape index (κ2) is 8.31. The zero-order valence-corrected chi connectivity index (χ0v) is 21.7. The standard InChI is InChI=1S/C27H25BrN2O4S/c1-15-6-7-17(10-16(15)2)30-35(31,32)18-8-9-24-21(11-18)19-4-3-5-20(19)27(29-24)22-12-25-26(13-23(22)28)34-14-33-25/h3-4,6-13,19-20,27,29-30H,5,14H2,1-2H3/t19-,20+,27-/m0/s1. The van der Waals surface area contributed by atoms with E-state index in [4.69, 9.17) is 9.47 Å². The Labute approximate surface area is 213 Å². The molecule has 2 heterocycles. The summed E-state index contributed by atoms with van der Waals surface area (Å²) in [5, 5.41) is 3.68. The van der Waals surface area contributed by atoms with Gasteiger partial charge in [0.1, 0.15) is 0 Å². The van der Waals surface area contributed by atoms with Crippen LogP contribution in [-0.4, -0.2) is 15.2 Å². The van der Waals surface area contributed by atoms with Crippen molar-refractivity contribution in [2.24, 2.45) is 5.92 Å². The number of hydrogen-bond acceptors (Lipinski definition) is 5. The summed E-state index contributed by atoms with van der Waals surface area (Å²) in [6, 6.07) is 15.0. The van der Waals surface area contributed by atoms with E-state index in [2.05, 4.69) is 38.1 Å². The normalized spacial score (nSPS) is 21.9. The molecule has 6 rings (SSSR count). The number of fused-ring (bicyclic) bond motifs is 4. The average Bonchev–Trinajstić information content (AvgIpc) is 3.49. The molecule has 180 valence electrons. The van der Waals surface area contributed by atoms with Crippen molar-refractivity contribution in [3.05, 3.63) is 87.4 Å². The molecule has 0 radical (unpaired) electrons. The van der Waals surface area contributed by atoms with E-state index in [9.17, 15) is 8.42 Å². The molecule has 35 heavy (non-hydrogen) atoms. The second-order valence-electron chi connectivity index (χ2n) is 9.36. The molecule has 0 bridgehead atoms. The van der Waals surface area contributed by atoms with Crippen LogP contribution in [0.2, 0.25) is 0 Å². The Balaban J connectivity index is 1.34. The fourth-order valence-electron chi connectivity index (χ4n) is 5.24. The number of nitrogens with one attached hydrogen (secondary N) is 2. The lowest BCUT2D eigenvalue weighted by Crippen LogP contribution is -2.29. The van der Waals surface area contributed by atoms with Gasteiger partial charge < -0.3 is 14.8 Å². The third-order valence-electron chi connectivity index (χ3n) is 7.23. The molecule has 0 fully saturated rings. The Morgan fingerprint density at radius 1 is 0.971 bits per heavy atom. The van der Waals surface area contributed by atoms with Crippen LogP contribution in [0.3, 0.4) is 0 Å². The van der Waals surface area contributed by atoms with Crippen molar-refractivity contribution in [1.82, 2.24) is 0 Å². The van der Waals surface area contributed by atoms with Crippen molar-refractivity contribution in [2.75, 3.05) is 16.8 Å². The first-order chi connectivity index (χ1) is 16.8. The monoisotopic (exact) mass is 552 g/mol. The zero-order valence-electron chi connectivity index (χ0n) is 19.3. The van der Waals surface area contributed by atoms with E-state index in [1.165, 1.54) is 0 Å². The van der Waals surface area contributed by atoms with E-state index < -0.39 is 10.0 Å². The highest BCUT2D eigenvalue weighted by atomic mass is 79.9. The molecule has 0 amide bonds. The van der Waals surface area contributed by atoms with Crippen LogP contribution in [0.25, 0.3) is 0 Å². The van der Waals surface area contributed by atoms with Gasteiger partial charge in [0, 0.05) is 21.8 Å². The molecule has 6 nitrogen and oxygen atoms in total. The molecule has 2 aliphatic heterocycles. The SMILES string of the molecule is Cc1ccc(NS(=O)(=O)c2ccc3c(c2)[C@H]2C=CC[C@H]2[C@@H](c2cc4c(cc2Br)OCO4)N3)cc1C. The Morgan fingerprint density at radius 2 is 1.77 bits per heavy atom. The van der Waals surface area contributed by atoms with Gasteiger partial charge in [-0.05, 0) is 90.9 Å². The molecule has 2 N–H and O–H groups in total. The minimum atomic E-state index is -3.72. The molecular formula is C27H25BrN2O4S. The summed E-state index contributed by atoms with van der Waals surface area (Å²) in [5.41, 5.74) is 5.77. The van der Waals surface area contributed by atoms with E-state index in [0.717, 1.165) is 50.3 Å². The fourth-order valence-corrected chi connectivity index (χ4v) is 6.89. The van der Waals surface area contributed by atoms with Crippen LogP contribution in [0.1, 0.15) is 40.6 Å². The third kappa shape index (κ3) is 3.89. The number of aryl methyl sites for hydroxylation is 2. The van der Waals surface area contributed by atoms with Gasteiger partial charge in [0.05, 0.1) is 10.9 Å². The maximum Gasteiger partial charge on any atom is 0.261 e. The number of allylic oxidation sites excluding steroid dienone is 2. The molecule has 0 saturated heterocycles. The Morgan fingerprint density at radius 3 is 2.57 bits per heavy atom. The van der Waals surface area contributed by atoms with Crippen LogP contribution in [0, 0.1) is 19.8 Å². The van der Waals surface area contributed by atoms with Gasteiger partial charge in [0.15, 0.2) is 11.5 Å². The molecule has 3 atom stereocenters. The summed E-state index contributed by atoms with van der Waals surface area (Å²) in [5.74, 6) is 1.86. The van der Waals surface area contributed by atoms with Gasteiger partial charge in [0.25, 0.3) is 10.0 Å². The van der Waals surface area contributed by atoms with E-state index in [0.29, 0.717) is 5.69 Å². The van der Waals surface area contributed by atoms with Crippen molar-refractivity contribution >= 4 is 37.3 Å². The van der Waals surface area contributed by atoms with E-state index in [1.807, 2.05) is 50.2 Å². The summed E-state index contributed by atoms with van der Waals surface area (Å²) in [7, 11) is -3.72. The number of rotatable bonds is 4. The molecule has 8 heteroatoms. The first-order valence-corrected chi connectivity index (χ1v) is 13.8. The van der Waals surface area contributed by atoms with Crippen LogP contribution in [0.15, 0.2) is 70.1 Å². The molecule has 3 aromatic carbocycles. The number of halogens is 1. The van der Waals surface area contributed by atoms with E-state index >= 15 is 0 Å². The van der Waals surface area contributed by atoms with Crippen LogP contribution >= 0.6 is 15.9 Å². The maximum absolute atomic E-state index is 13.2. The number of sulfonamides is 1. The Kier molecular flexibility index (Phi) is 5.34. The molecule has 0 unspecified atom stereocenters. The van der Waals surface area contributed by atoms with Crippen LogP contribution in [0.5, 0.6) is 11.5 Å². The van der Waals surface area contributed by atoms with Gasteiger partial charge in [-0.25, -0.2) is 8.42 Å². The Bertz CT molecular complexity index is 1480. The maximum atomic E-state index is 13.2. The molecular weight excluding hydrogens is 528 g/mol. The van der Waals surface area contributed by atoms with Crippen LogP contribution in [-0.2, 0) is 10.0 Å². The molecule has 0 spiro atoms. The minimum absolute atomic E-state index is 0.0440. The quantitative estimate of drug-likeness (QED) is 0.365. The first kappa shape index (κ1) is 22.5. The van der Waals surface area contributed by atoms with Gasteiger partial charge in [-0.2, -0.15) is 0 Å². The van der Waals surface area contributed by atoms with Crippen molar-refractivity contribution in [3.8, 4) is 11.5 Å². The first-order valence-electron chi connectivity index (χ1n) is 11.6. The molecule has 3 aromatic rings. The highest BCUT2D eigenvalue weighted by molar-refractivity contribution is 9.10. The van der Waals surface area contributed by atoms with Gasteiger partial charge in [0.2, 0.25) is 6.79 Å². The van der Waals surface area contributed by atoms with Gasteiger partial charge in [-0.1, -0.05) is 34.1 Å². The zero-order chi connectivity index (χ0) is 24.3.